The highest BCUT2D eigenvalue weighted by Gasteiger charge is 2.29. The number of hydrogen-bond donors (Lipinski definition) is 2. The molecule has 0 aromatic carbocycles. The smallest absolute Gasteiger partial charge is 0.166 e. The van der Waals surface area contributed by atoms with E-state index in [1.54, 1.807) is 0 Å². The van der Waals surface area contributed by atoms with Crippen LogP contribution >= 0.6 is 23.6 Å². The molecule has 5 heteroatoms. The van der Waals surface area contributed by atoms with Gasteiger partial charge in [-0.2, -0.15) is 0 Å². The lowest BCUT2D eigenvalue weighted by molar-refractivity contribution is 0.213. The number of thiophene rings is 1. The number of likely N-dealkylation sites (tertiary alicyclic amines) is 1. The van der Waals surface area contributed by atoms with E-state index >= 15 is 0 Å². The molecular weight excluding hydrogens is 322 g/mol. The van der Waals surface area contributed by atoms with Crippen molar-refractivity contribution in [3.63, 3.8) is 0 Å². The standard InChI is InChI=1S/C18H29N3S2/c1-14(19-18(22)20-15-8-3-2-4-9-15)17(16-10-7-13-23-16)21-11-5-6-12-21/h7,10,13-15,17H,2-6,8-9,11-12H2,1H3,(H2,19,20,22)/t14-,17-/m0/s1. The van der Waals surface area contributed by atoms with Crippen molar-refractivity contribution >= 4 is 28.7 Å². The van der Waals surface area contributed by atoms with Crippen molar-refractivity contribution in [1.82, 2.24) is 15.5 Å². The molecule has 0 radical (unpaired) electrons. The van der Waals surface area contributed by atoms with Crippen LogP contribution in [-0.4, -0.2) is 35.2 Å². The van der Waals surface area contributed by atoms with Crippen LogP contribution in [0.25, 0.3) is 0 Å². The van der Waals surface area contributed by atoms with Gasteiger partial charge in [0.2, 0.25) is 0 Å². The molecule has 1 aliphatic carbocycles. The molecule has 3 nitrogen and oxygen atoms in total. The first-order valence-electron chi connectivity index (χ1n) is 9.08. The normalized spacial score (nSPS) is 22.7. The van der Waals surface area contributed by atoms with E-state index in [1.165, 1.54) is 62.9 Å². The Kier molecular flexibility index (Phi) is 6.31. The van der Waals surface area contributed by atoms with Crippen LogP contribution in [0.5, 0.6) is 0 Å². The van der Waals surface area contributed by atoms with E-state index in [0.717, 1.165) is 5.11 Å². The molecule has 2 aliphatic rings. The molecule has 2 heterocycles. The minimum Gasteiger partial charge on any atom is -0.360 e. The Labute approximate surface area is 149 Å². The second-order valence-electron chi connectivity index (χ2n) is 6.94. The quantitative estimate of drug-likeness (QED) is 0.782. The maximum absolute atomic E-state index is 5.60. The van der Waals surface area contributed by atoms with Crippen molar-refractivity contribution < 1.29 is 0 Å². The fourth-order valence-corrected chi connectivity index (χ4v) is 5.30. The van der Waals surface area contributed by atoms with E-state index < -0.39 is 0 Å². The van der Waals surface area contributed by atoms with Gasteiger partial charge in [0.25, 0.3) is 0 Å². The van der Waals surface area contributed by atoms with Gasteiger partial charge in [0.15, 0.2) is 5.11 Å². The highest BCUT2D eigenvalue weighted by atomic mass is 32.1. The summed E-state index contributed by atoms with van der Waals surface area (Å²) in [6, 6.07) is 5.76. The van der Waals surface area contributed by atoms with Crippen LogP contribution in [0.4, 0.5) is 0 Å². The molecule has 0 bridgehead atoms. The molecule has 1 aromatic heterocycles. The third kappa shape index (κ3) is 4.68. The van der Waals surface area contributed by atoms with Gasteiger partial charge in [-0.25, -0.2) is 0 Å². The summed E-state index contributed by atoms with van der Waals surface area (Å²) >= 11 is 7.46. The van der Waals surface area contributed by atoms with Gasteiger partial charge in [-0.1, -0.05) is 25.3 Å². The molecule has 1 saturated heterocycles. The fraction of sp³-hybridized carbons (Fsp3) is 0.722. The Balaban J connectivity index is 1.59. The zero-order chi connectivity index (χ0) is 16.1. The van der Waals surface area contributed by atoms with Gasteiger partial charge >= 0.3 is 0 Å². The summed E-state index contributed by atoms with van der Waals surface area (Å²) in [5, 5.41) is 10.1. The van der Waals surface area contributed by atoms with E-state index in [9.17, 15) is 0 Å². The average Bonchev–Trinajstić information content (AvgIpc) is 3.22. The third-order valence-corrected chi connectivity index (χ3v) is 6.32. The van der Waals surface area contributed by atoms with Crippen LogP contribution in [-0.2, 0) is 0 Å². The molecule has 2 N–H and O–H groups in total. The first-order valence-corrected chi connectivity index (χ1v) is 10.4. The molecule has 0 amide bonds. The molecule has 0 unspecified atom stereocenters. The van der Waals surface area contributed by atoms with E-state index in [4.69, 9.17) is 12.2 Å². The maximum atomic E-state index is 5.60. The molecule has 23 heavy (non-hydrogen) atoms. The predicted molar refractivity (Wildman–Crippen MR) is 103 cm³/mol. The molecule has 0 spiro atoms. The van der Waals surface area contributed by atoms with Crippen LogP contribution in [0.1, 0.15) is 62.8 Å². The first-order chi connectivity index (χ1) is 11.2. The van der Waals surface area contributed by atoms with Gasteiger partial charge in [0.1, 0.15) is 0 Å². The largest absolute Gasteiger partial charge is 0.360 e. The van der Waals surface area contributed by atoms with Crippen molar-refractivity contribution in [2.45, 2.75) is 70.0 Å². The molecule has 1 saturated carbocycles. The van der Waals surface area contributed by atoms with E-state index in [0.29, 0.717) is 18.1 Å². The fourth-order valence-electron chi connectivity index (χ4n) is 3.98. The van der Waals surface area contributed by atoms with Crippen molar-refractivity contribution in [2.75, 3.05) is 13.1 Å². The Morgan fingerprint density at radius 3 is 2.61 bits per heavy atom. The SMILES string of the molecule is C[C@H](NC(=S)NC1CCCCC1)[C@@H](c1cccs1)N1CCCC1. The zero-order valence-electron chi connectivity index (χ0n) is 14.1. The lowest BCUT2D eigenvalue weighted by Crippen LogP contribution is -2.49. The van der Waals surface area contributed by atoms with E-state index in [1.807, 2.05) is 11.3 Å². The number of nitrogens with one attached hydrogen (secondary N) is 2. The van der Waals surface area contributed by atoms with Crippen LogP contribution in [0, 0.1) is 0 Å². The van der Waals surface area contributed by atoms with Crippen molar-refractivity contribution in [2.24, 2.45) is 0 Å². The first kappa shape index (κ1) is 17.2. The lowest BCUT2D eigenvalue weighted by Gasteiger charge is -2.34. The number of rotatable bonds is 5. The van der Waals surface area contributed by atoms with Crippen molar-refractivity contribution in [3.8, 4) is 0 Å². The molecular formula is C18H29N3S2. The topological polar surface area (TPSA) is 27.3 Å². The minimum atomic E-state index is 0.329. The summed E-state index contributed by atoms with van der Waals surface area (Å²) in [6.45, 7) is 4.69. The van der Waals surface area contributed by atoms with E-state index in [2.05, 4.69) is 40.0 Å². The predicted octanol–water partition coefficient (Wildman–Crippen LogP) is 4.07. The van der Waals surface area contributed by atoms with Gasteiger partial charge in [0.05, 0.1) is 6.04 Å². The Morgan fingerprint density at radius 1 is 1.22 bits per heavy atom. The Bertz CT molecular complexity index is 476. The molecule has 128 valence electrons. The lowest BCUT2D eigenvalue weighted by atomic mass is 9.96. The summed E-state index contributed by atoms with van der Waals surface area (Å²) < 4.78 is 0. The summed E-state index contributed by atoms with van der Waals surface area (Å²) in [4.78, 5) is 4.07. The van der Waals surface area contributed by atoms with Crippen LogP contribution in [0.15, 0.2) is 17.5 Å². The summed E-state index contributed by atoms with van der Waals surface area (Å²) in [5.41, 5.74) is 0. The molecule has 1 aromatic rings. The van der Waals surface area contributed by atoms with Crippen LogP contribution in [0.2, 0.25) is 0 Å². The highest BCUT2D eigenvalue weighted by Crippen LogP contribution is 2.31. The minimum absolute atomic E-state index is 0.329. The maximum Gasteiger partial charge on any atom is 0.166 e. The number of thiocarbonyl (C=S) groups is 1. The Morgan fingerprint density at radius 2 is 1.96 bits per heavy atom. The molecule has 1 aliphatic heterocycles. The summed E-state index contributed by atoms with van der Waals surface area (Å²) in [5.74, 6) is 0. The van der Waals surface area contributed by atoms with Crippen LogP contribution in [0.3, 0.4) is 0 Å². The van der Waals surface area contributed by atoms with Crippen LogP contribution < -0.4 is 10.6 Å². The van der Waals surface area contributed by atoms with Gasteiger partial charge in [-0.05, 0) is 69.4 Å². The summed E-state index contributed by atoms with van der Waals surface area (Å²) in [7, 11) is 0. The summed E-state index contributed by atoms with van der Waals surface area (Å²) in [6.07, 6.45) is 9.21. The second kappa shape index (κ2) is 8.45. The monoisotopic (exact) mass is 351 g/mol. The van der Waals surface area contributed by atoms with Crippen molar-refractivity contribution in [1.29, 1.82) is 0 Å². The Hall–Kier alpha value is -0.650. The van der Waals surface area contributed by atoms with E-state index in [-0.39, 0.29) is 0 Å². The van der Waals surface area contributed by atoms with Gasteiger partial charge in [0, 0.05) is 17.0 Å². The average molecular weight is 352 g/mol. The zero-order valence-corrected chi connectivity index (χ0v) is 15.7. The highest BCUT2D eigenvalue weighted by molar-refractivity contribution is 7.80. The van der Waals surface area contributed by atoms with Gasteiger partial charge in [-0.3, -0.25) is 4.90 Å². The molecule has 2 atom stereocenters. The second-order valence-corrected chi connectivity index (χ2v) is 8.33. The third-order valence-electron chi connectivity index (χ3n) is 5.14. The molecule has 2 fully saturated rings. The number of nitrogens with zero attached hydrogens (tertiary/aromatic N) is 1. The molecule has 3 rings (SSSR count). The van der Waals surface area contributed by atoms with Gasteiger partial charge < -0.3 is 10.6 Å². The number of hydrogen-bond acceptors (Lipinski definition) is 3. The van der Waals surface area contributed by atoms with Crippen molar-refractivity contribution in [3.05, 3.63) is 22.4 Å². The van der Waals surface area contributed by atoms with Gasteiger partial charge in [-0.15, -0.1) is 11.3 Å².